The molecule has 0 aliphatic rings. The third kappa shape index (κ3) is 2.81. The van der Waals surface area contributed by atoms with E-state index in [-0.39, 0.29) is 0 Å². The average Bonchev–Trinajstić information content (AvgIpc) is 2.87. The summed E-state index contributed by atoms with van der Waals surface area (Å²) in [5.74, 6) is 5.49. The Hall–Kier alpha value is -1.93. The monoisotopic (exact) mass is 285 g/mol. The number of hydrogen-bond acceptors (Lipinski definition) is 4. The maximum Gasteiger partial charge on any atom is 0.417 e. The highest BCUT2D eigenvalue weighted by Crippen LogP contribution is 2.29. The zero-order valence-corrected chi connectivity index (χ0v) is 10.7. The summed E-state index contributed by atoms with van der Waals surface area (Å²) in [7, 11) is 0. The minimum atomic E-state index is -4.40. The molecule has 0 fully saturated rings. The summed E-state index contributed by atoms with van der Waals surface area (Å²) in [6.45, 7) is 2.53. The first-order valence-corrected chi connectivity index (χ1v) is 5.98. The molecule has 0 spiro atoms. The van der Waals surface area contributed by atoms with E-state index >= 15 is 0 Å². The SMILES string of the molecule is CCn1nccc1C(NN)c1ccc(C(F)(F)F)cn1. The zero-order chi connectivity index (χ0) is 14.8. The normalized spacial score (nSPS) is 13.4. The van der Waals surface area contributed by atoms with Gasteiger partial charge in [-0.3, -0.25) is 15.5 Å². The fourth-order valence-electron chi connectivity index (χ4n) is 1.92. The zero-order valence-electron chi connectivity index (χ0n) is 10.7. The van der Waals surface area contributed by atoms with Crippen LogP contribution in [0.2, 0.25) is 0 Å². The summed E-state index contributed by atoms with van der Waals surface area (Å²) < 4.78 is 39.2. The lowest BCUT2D eigenvalue weighted by atomic mass is 10.1. The Kier molecular flexibility index (Phi) is 4.05. The molecular weight excluding hydrogens is 271 g/mol. The molecule has 0 aliphatic heterocycles. The standard InChI is InChI=1S/C12H14F3N5/c1-2-20-10(5-6-18-20)11(19-16)9-4-3-8(7-17-9)12(13,14)15/h3-7,11,19H,2,16H2,1H3. The first-order chi connectivity index (χ1) is 9.47. The van der Waals surface area contributed by atoms with Gasteiger partial charge in [-0.1, -0.05) is 0 Å². The van der Waals surface area contributed by atoms with E-state index in [9.17, 15) is 13.2 Å². The molecular formula is C12H14F3N5. The Labute approximate surface area is 113 Å². The second kappa shape index (κ2) is 5.59. The van der Waals surface area contributed by atoms with E-state index in [1.54, 1.807) is 16.9 Å². The fraction of sp³-hybridized carbons (Fsp3) is 0.333. The molecule has 0 saturated carbocycles. The number of hydrogen-bond donors (Lipinski definition) is 2. The topological polar surface area (TPSA) is 68.8 Å². The Morgan fingerprint density at radius 2 is 2.10 bits per heavy atom. The molecule has 5 nitrogen and oxygen atoms in total. The first-order valence-electron chi connectivity index (χ1n) is 5.98. The van der Waals surface area contributed by atoms with Gasteiger partial charge in [-0.2, -0.15) is 18.3 Å². The molecule has 0 radical (unpaired) electrons. The molecule has 1 unspecified atom stereocenters. The second-order valence-electron chi connectivity index (χ2n) is 4.14. The predicted octanol–water partition coefficient (Wildman–Crippen LogP) is 1.87. The number of alkyl halides is 3. The quantitative estimate of drug-likeness (QED) is 0.664. The molecule has 3 N–H and O–H groups in total. The van der Waals surface area contributed by atoms with Gasteiger partial charge in [-0.15, -0.1) is 0 Å². The Bertz CT molecular complexity index is 561. The summed E-state index contributed by atoms with van der Waals surface area (Å²) in [5.41, 5.74) is 2.90. The molecule has 2 heterocycles. The highest BCUT2D eigenvalue weighted by Gasteiger charge is 2.31. The first kappa shape index (κ1) is 14.5. The van der Waals surface area contributed by atoms with Crippen LogP contribution >= 0.6 is 0 Å². The van der Waals surface area contributed by atoms with E-state index in [1.807, 2.05) is 6.92 Å². The molecule has 0 aliphatic carbocycles. The van der Waals surface area contributed by atoms with Crippen LogP contribution in [0.4, 0.5) is 13.2 Å². The Morgan fingerprint density at radius 1 is 1.35 bits per heavy atom. The van der Waals surface area contributed by atoms with E-state index in [2.05, 4.69) is 15.5 Å². The average molecular weight is 285 g/mol. The summed E-state index contributed by atoms with van der Waals surface area (Å²) in [6, 6.07) is 3.52. The molecule has 0 saturated heterocycles. The van der Waals surface area contributed by atoms with Crippen molar-refractivity contribution in [1.82, 2.24) is 20.2 Å². The van der Waals surface area contributed by atoms with E-state index in [0.717, 1.165) is 18.0 Å². The van der Waals surface area contributed by atoms with Gasteiger partial charge in [0.25, 0.3) is 0 Å². The van der Waals surface area contributed by atoms with E-state index in [4.69, 9.17) is 5.84 Å². The third-order valence-corrected chi connectivity index (χ3v) is 2.92. The predicted molar refractivity (Wildman–Crippen MR) is 66.3 cm³/mol. The second-order valence-corrected chi connectivity index (χ2v) is 4.14. The summed E-state index contributed by atoms with van der Waals surface area (Å²) >= 11 is 0. The lowest BCUT2D eigenvalue weighted by molar-refractivity contribution is -0.137. The maximum absolute atomic E-state index is 12.5. The van der Waals surface area contributed by atoms with E-state index in [1.165, 1.54) is 6.07 Å². The van der Waals surface area contributed by atoms with Gasteiger partial charge in [-0.05, 0) is 25.1 Å². The van der Waals surface area contributed by atoms with Crippen LogP contribution in [0.5, 0.6) is 0 Å². The number of nitrogens with two attached hydrogens (primary N) is 1. The van der Waals surface area contributed by atoms with Crippen LogP contribution in [-0.2, 0) is 12.7 Å². The van der Waals surface area contributed by atoms with Crippen molar-refractivity contribution >= 4 is 0 Å². The molecule has 1 atom stereocenters. The van der Waals surface area contributed by atoms with Crippen LogP contribution in [0.15, 0.2) is 30.6 Å². The minimum absolute atomic E-state index is 0.399. The summed E-state index contributed by atoms with van der Waals surface area (Å²) in [5, 5.41) is 4.10. The number of nitrogens with zero attached hydrogens (tertiary/aromatic N) is 3. The largest absolute Gasteiger partial charge is 0.417 e. The van der Waals surface area contributed by atoms with Crippen molar-refractivity contribution in [1.29, 1.82) is 0 Å². The van der Waals surface area contributed by atoms with Gasteiger partial charge >= 0.3 is 6.18 Å². The molecule has 0 bridgehead atoms. The van der Waals surface area contributed by atoms with Crippen LogP contribution in [0.25, 0.3) is 0 Å². The van der Waals surface area contributed by atoms with E-state index < -0.39 is 17.8 Å². The summed E-state index contributed by atoms with van der Waals surface area (Å²) in [6.07, 6.45) is -2.00. The van der Waals surface area contributed by atoms with Gasteiger partial charge in [0.1, 0.15) is 6.04 Å². The Balaban J connectivity index is 2.33. The van der Waals surface area contributed by atoms with Crippen molar-refractivity contribution < 1.29 is 13.2 Å². The van der Waals surface area contributed by atoms with Crippen LogP contribution in [0, 0.1) is 0 Å². The van der Waals surface area contributed by atoms with Gasteiger partial charge in [0.05, 0.1) is 17.0 Å². The Morgan fingerprint density at radius 3 is 2.60 bits per heavy atom. The number of aryl methyl sites for hydroxylation is 1. The molecule has 2 aromatic rings. The molecule has 8 heteroatoms. The number of hydrazine groups is 1. The third-order valence-electron chi connectivity index (χ3n) is 2.92. The van der Waals surface area contributed by atoms with Crippen LogP contribution in [0.1, 0.15) is 29.9 Å². The number of halogens is 3. The van der Waals surface area contributed by atoms with Crippen molar-refractivity contribution in [3.05, 3.63) is 47.5 Å². The van der Waals surface area contributed by atoms with Gasteiger partial charge < -0.3 is 0 Å². The highest BCUT2D eigenvalue weighted by atomic mass is 19.4. The smallest absolute Gasteiger partial charge is 0.270 e. The van der Waals surface area contributed by atoms with Crippen molar-refractivity contribution in [3.8, 4) is 0 Å². The lowest BCUT2D eigenvalue weighted by Crippen LogP contribution is -2.31. The van der Waals surface area contributed by atoms with Crippen LogP contribution in [-0.4, -0.2) is 14.8 Å². The lowest BCUT2D eigenvalue weighted by Gasteiger charge is -2.17. The molecule has 108 valence electrons. The van der Waals surface area contributed by atoms with Crippen molar-refractivity contribution in [3.63, 3.8) is 0 Å². The van der Waals surface area contributed by atoms with Gasteiger partial charge in [0.2, 0.25) is 0 Å². The van der Waals surface area contributed by atoms with Crippen molar-refractivity contribution in [2.75, 3.05) is 0 Å². The van der Waals surface area contributed by atoms with Gasteiger partial charge in [0.15, 0.2) is 0 Å². The highest BCUT2D eigenvalue weighted by molar-refractivity contribution is 5.25. The maximum atomic E-state index is 12.5. The van der Waals surface area contributed by atoms with Gasteiger partial charge in [0, 0.05) is 18.9 Å². The molecule has 2 rings (SSSR count). The fourth-order valence-corrected chi connectivity index (χ4v) is 1.92. The molecule has 0 amide bonds. The van der Waals surface area contributed by atoms with Crippen LogP contribution in [0.3, 0.4) is 0 Å². The number of aromatic nitrogens is 3. The van der Waals surface area contributed by atoms with Gasteiger partial charge in [-0.25, -0.2) is 5.43 Å². The van der Waals surface area contributed by atoms with Crippen LogP contribution < -0.4 is 11.3 Å². The van der Waals surface area contributed by atoms with E-state index in [0.29, 0.717) is 12.2 Å². The summed E-state index contributed by atoms with van der Waals surface area (Å²) in [4.78, 5) is 3.84. The van der Waals surface area contributed by atoms with Crippen molar-refractivity contribution in [2.24, 2.45) is 5.84 Å². The number of pyridine rings is 1. The molecule has 20 heavy (non-hydrogen) atoms. The number of rotatable bonds is 4. The molecule has 0 aromatic carbocycles. The van der Waals surface area contributed by atoms with Crippen molar-refractivity contribution in [2.45, 2.75) is 25.7 Å². The molecule has 2 aromatic heterocycles. The number of nitrogens with one attached hydrogen (secondary N) is 1. The minimum Gasteiger partial charge on any atom is -0.270 e.